The van der Waals surface area contributed by atoms with Crippen LogP contribution in [0.15, 0.2) is 36.4 Å². The maximum atomic E-state index is 11.2. The molecule has 0 amide bonds. The van der Waals surface area contributed by atoms with Crippen LogP contribution < -0.4 is 4.74 Å². The fraction of sp³-hybridized carbons (Fsp3) is 0.188. The van der Waals surface area contributed by atoms with Gasteiger partial charge in [-0.3, -0.25) is 10.1 Å². The smallest absolute Gasteiger partial charge is 0.273 e. The Labute approximate surface area is 121 Å². The topological polar surface area (TPSA) is 76.2 Å². The number of ether oxygens (including phenoxy) is 1. The summed E-state index contributed by atoms with van der Waals surface area (Å²) in [4.78, 5) is 10.8. The standard InChI is InChI=1S/C16H12N2O3/c1-21-11-5-6-12-10(9-17)7-15-13(14(12)8-11)3-2-4-16(15)18(19)20/h2-6,8,10H,7H2,1H3. The second-order valence-electron chi connectivity index (χ2n) is 4.90. The first-order chi connectivity index (χ1) is 10.2. The number of benzene rings is 2. The molecule has 0 fully saturated rings. The second kappa shape index (κ2) is 4.91. The van der Waals surface area contributed by atoms with Crippen LogP contribution in [0, 0.1) is 21.4 Å². The van der Waals surface area contributed by atoms with Gasteiger partial charge >= 0.3 is 0 Å². The average Bonchev–Trinajstić information content (AvgIpc) is 2.52. The number of nitriles is 1. The van der Waals surface area contributed by atoms with Crippen molar-refractivity contribution in [3.63, 3.8) is 0 Å². The van der Waals surface area contributed by atoms with Crippen LogP contribution in [0.4, 0.5) is 5.69 Å². The molecule has 0 saturated heterocycles. The zero-order chi connectivity index (χ0) is 15.0. The van der Waals surface area contributed by atoms with Crippen LogP contribution in [0.3, 0.4) is 0 Å². The first-order valence-corrected chi connectivity index (χ1v) is 6.50. The summed E-state index contributed by atoms with van der Waals surface area (Å²) in [6.07, 6.45) is 0.363. The van der Waals surface area contributed by atoms with Crippen LogP contribution in [-0.2, 0) is 6.42 Å². The molecule has 1 aliphatic rings. The minimum Gasteiger partial charge on any atom is -0.497 e. The lowest BCUT2D eigenvalue weighted by molar-refractivity contribution is -0.385. The fourth-order valence-corrected chi connectivity index (χ4v) is 2.84. The van der Waals surface area contributed by atoms with Crippen molar-refractivity contribution in [3.05, 3.63) is 57.6 Å². The van der Waals surface area contributed by atoms with Crippen LogP contribution in [0.25, 0.3) is 11.1 Å². The van der Waals surface area contributed by atoms with Gasteiger partial charge in [-0.15, -0.1) is 0 Å². The number of nitro groups is 1. The van der Waals surface area contributed by atoms with Gasteiger partial charge < -0.3 is 4.74 Å². The van der Waals surface area contributed by atoms with E-state index in [1.54, 1.807) is 13.2 Å². The van der Waals surface area contributed by atoms with Crippen molar-refractivity contribution in [3.8, 4) is 22.9 Å². The van der Waals surface area contributed by atoms with Crippen LogP contribution in [0.2, 0.25) is 0 Å². The number of hydrogen-bond donors (Lipinski definition) is 0. The third kappa shape index (κ3) is 2.01. The zero-order valence-corrected chi connectivity index (χ0v) is 11.4. The van der Waals surface area contributed by atoms with E-state index in [9.17, 15) is 15.4 Å². The van der Waals surface area contributed by atoms with Gasteiger partial charge in [0.05, 0.1) is 24.0 Å². The quantitative estimate of drug-likeness (QED) is 0.623. The van der Waals surface area contributed by atoms with E-state index in [0.717, 1.165) is 16.7 Å². The maximum absolute atomic E-state index is 11.2. The minimum atomic E-state index is -0.390. The molecule has 0 N–H and O–H groups in total. The maximum Gasteiger partial charge on any atom is 0.273 e. The number of fused-ring (bicyclic) bond motifs is 3. The monoisotopic (exact) mass is 280 g/mol. The van der Waals surface area contributed by atoms with E-state index < -0.39 is 4.92 Å². The summed E-state index contributed by atoms with van der Waals surface area (Å²) in [7, 11) is 1.57. The molecule has 2 aromatic carbocycles. The lowest BCUT2D eigenvalue weighted by atomic mass is 9.78. The molecule has 1 unspecified atom stereocenters. The summed E-state index contributed by atoms with van der Waals surface area (Å²) in [6.45, 7) is 0. The average molecular weight is 280 g/mol. The summed E-state index contributed by atoms with van der Waals surface area (Å²) >= 11 is 0. The zero-order valence-electron chi connectivity index (χ0n) is 11.4. The van der Waals surface area contributed by atoms with Crippen molar-refractivity contribution in [1.29, 1.82) is 5.26 Å². The predicted molar refractivity (Wildman–Crippen MR) is 77.1 cm³/mol. The van der Waals surface area contributed by atoms with E-state index >= 15 is 0 Å². The van der Waals surface area contributed by atoms with Gasteiger partial charge in [0, 0.05) is 11.6 Å². The molecule has 1 aliphatic carbocycles. The van der Waals surface area contributed by atoms with Crippen molar-refractivity contribution in [2.24, 2.45) is 0 Å². The van der Waals surface area contributed by atoms with E-state index in [1.165, 1.54) is 6.07 Å². The van der Waals surface area contributed by atoms with Gasteiger partial charge in [-0.2, -0.15) is 5.26 Å². The van der Waals surface area contributed by atoms with Gasteiger partial charge in [0.25, 0.3) is 5.69 Å². The number of methoxy groups -OCH3 is 1. The van der Waals surface area contributed by atoms with Crippen molar-refractivity contribution in [2.45, 2.75) is 12.3 Å². The molecule has 104 valence electrons. The van der Waals surface area contributed by atoms with Crippen LogP contribution in [-0.4, -0.2) is 12.0 Å². The highest BCUT2D eigenvalue weighted by atomic mass is 16.6. The highest BCUT2D eigenvalue weighted by molar-refractivity contribution is 5.79. The Bertz CT molecular complexity index is 778. The van der Waals surface area contributed by atoms with E-state index in [-0.39, 0.29) is 11.6 Å². The largest absolute Gasteiger partial charge is 0.497 e. The minimum absolute atomic E-state index is 0.0706. The van der Waals surface area contributed by atoms with Gasteiger partial charge in [0.15, 0.2) is 0 Å². The van der Waals surface area contributed by atoms with E-state index in [2.05, 4.69) is 6.07 Å². The molecule has 1 atom stereocenters. The van der Waals surface area contributed by atoms with Gasteiger partial charge in [0.1, 0.15) is 5.75 Å². The Hall–Kier alpha value is -2.87. The van der Waals surface area contributed by atoms with Gasteiger partial charge in [-0.25, -0.2) is 0 Å². The number of hydrogen-bond acceptors (Lipinski definition) is 4. The highest BCUT2D eigenvalue weighted by Crippen LogP contribution is 2.43. The normalized spacial score (nSPS) is 15.5. The van der Waals surface area contributed by atoms with E-state index in [1.807, 2.05) is 24.3 Å². The van der Waals surface area contributed by atoms with Crippen molar-refractivity contribution < 1.29 is 9.66 Å². The Balaban J connectivity index is 2.30. The molecule has 5 nitrogen and oxygen atoms in total. The number of nitro benzene ring substituents is 1. The molecular weight excluding hydrogens is 268 g/mol. The third-order valence-electron chi connectivity index (χ3n) is 3.84. The third-order valence-corrected chi connectivity index (χ3v) is 3.84. The summed E-state index contributed by atoms with van der Waals surface area (Å²) < 4.78 is 5.23. The van der Waals surface area contributed by atoms with Crippen molar-refractivity contribution in [2.75, 3.05) is 7.11 Å². The Kier molecular flexibility index (Phi) is 3.07. The summed E-state index contributed by atoms with van der Waals surface area (Å²) in [6, 6.07) is 12.8. The van der Waals surface area contributed by atoms with Crippen LogP contribution >= 0.6 is 0 Å². The Morgan fingerprint density at radius 1 is 1.33 bits per heavy atom. The van der Waals surface area contributed by atoms with Crippen LogP contribution in [0.1, 0.15) is 17.0 Å². The molecular formula is C16H12N2O3. The summed E-state index contributed by atoms with van der Waals surface area (Å²) in [5, 5.41) is 20.6. The second-order valence-corrected chi connectivity index (χ2v) is 4.90. The summed E-state index contributed by atoms with van der Waals surface area (Å²) in [5.41, 5.74) is 3.23. The SMILES string of the molecule is COc1ccc2c(c1)-c1cccc([N+](=O)[O-])c1CC2C#N. The Morgan fingerprint density at radius 3 is 2.81 bits per heavy atom. The fourth-order valence-electron chi connectivity index (χ4n) is 2.84. The molecule has 0 aromatic heterocycles. The molecule has 0 aliphatic heterocycles. The first-order valence-electron chi connectivity index (χ1n) is 6.50. The molecule has 21 heavy (non-hydrogen) atoms. The van der Waals surface area contributed by atoms with Crippen molar-refractivity contribution >= 4 is 5.69 Å². The molecule has 5 heteroatoms. The van der Waals surface area contributed by atoms with E-state index in [0.29, 0.717) is 17.7 Å². The van der Waals surface area contributed by atoms with E-state index in [4.69, 9.17) is 4.74 Å². The molecule has 0 heterocycles. The van der Waals surface area contributed by atoms with Crippen molar-refractivity contribution in [1.82, 2.24) is 0 Å². The molecule has 3 rings (SSSR count). The lowest BCUT2D eigenvalue weighted by Crippen LogP contribution is -2.12. The lowest BCUT2D eigenvalue weighted by Gasteiger charge is -2.23. The van der Waals surface area contributed by atoms with Gasteiger partial charge in [0.2, 0.25) is 0 Å². The van der Waals surface area contributed by atoms with Crippen LogP contribution in [0.5, 0.6) is 5.75 Å². The summed E-state index contributed by atoms with van der Waals surface area (Å²) in [5.74, 6) is 0.296. The van der Waals surface area contributed by atoms with Gasteiger partial charge in [-0.1, -0.05) is 18.2 Å². The molecule has 0 spiro atoms. The highest BCUT2D eigenvalue weighted by Gasteiger charge is 2.30. The van der Waals surface area contributed by atoms with Gasteiger partial charge in [-0.05, 0) is 35.2 Å². The number of rotatable bonds is 2. The number of nitrogens with zero attached hydrogens (tertiary/aromatic N) is 2. The first kappa shape index (κ1) is 13.1. The molecule has 0 radical (unpaired) electrons. The predicted octanol–water partition coefficient (Wildman–Crippen LogP) is 3.43. The Morgan fingerprint density at radius 2 is 2.14 bits per heavy atom. The molecule has 2 aromatic rings. The molecule has 0 bridgehead atoms. The molecule has 0 saturated carbocycles.